The van der Waals surface area contributed by atoms with Crippen LogP contribution in [0.5, 0.6) is 5.75 Å². The minimum atomic E-state index is -0.0602. The molecule has 2 N–H and O–H groups in total. The third-order valence-corrected chi connectivity index (χ3v) is 3.84. The van der Waals surface area contributed by atoms with Gasteiger partial charge in [-0.25, -0.2) is 0 Å². The van der Waals surface area contributed by atoms with Crippen LogP contribution in [0.2, 0.25) is 0 Å². The van der Waals surface area contributed by atoms with Gasteiger partial charge in [-0.05, 0) is 51.1 Å². The summed E-state index contributed by atoms with van der Waals surface area (Å²) in [6.07, 6.45) is 4.14. The molecular formula is C16H25NO2. The second-order valence-corrected chi connectivity index (χ2v) is 5.35. The lowest BCUT2D eigenvalue weighted by Gasteiger charge is -2.25. The summed E-state index contributed by atoms with van der Waals surface area (Å²) in [4.78, 5) is 0. The van der Waals surface area contributed by atoms with Crippen LogP contribution in [0.3, 0.4) is 0 Å². The first kappa shape index (κ1) is 14.4. The molecule has 0 saturated heterocycles. The standard InChI is InChI=1S/C16H25NO2/c1-2-19-16-6-4-3-5-14(16)12-17-11-13-7-9-15(18)10-8-13/h3-6,13,15,17-18H,2,7-12H2,1H3. The van der Waals surface area contributed by atoms with Gasteiger partial charge >= 0.3 is 0 Å². The minimum Gasteiger partial charge on any atom is -0.494 e. The molecule has 1 aliphatic carbocycles. The summed E-state index contributed by atoms with van der Waals surface area (Å²) in [7, 11) is 0. The Labute approximate surface area is 116 Å². The van der Waals surface area contributed by atoms with Gasteiger partial charge in [0.15, 0.2) is 0 Å². The number of hydrogen-bond acceptors (Lipinski definition) is 3. The SMILES string of the molecule is CCOc1ccccc1CNCC1CCC(O)CC1. The quantitative estimate of drug-likeness (QED) is 0.829. The van der Waals surface area contributed by atoms with Crippen LogP contribution in [-0.2, 0) is 6.54 Å². The van der Waals surface area contributed by atoms with Crippen LogP contribution in [0.1, 0.15) is 38.2 Å². The molecule has 1 aromatic carbocycles. The maximum Gasteiger partial charge on any atom is 0.123 e. The summed E-state index contributed by atoms with van der Waals surface area (Å²) in [5.41, 5.74) is 1.22. The van der Waals surface area contributed by atoms with E-state index in [1.54, 1.807) is 0 Å². The summed E-state index contributed by atoms with van der Waals surface area (Å²) in [5, 5.41) is 13.0. The van der Waals surface area contributed by atoms with E-state index in [9.17, 15) is 5.11 Å². The summed E-state index contributed by atoms with van der Waals surface area (Å²) < 4.78 is 5.62. The van der Waals surface area contributed by atoms with Gasteiger partial charge in [0, 0.05) is 12.1 Å². The summed E-state index contributed by atoms with van der Waals surface area (Å²) >= 11 is 0. The lowest BCUT2D eigenvalue weighted by molar-refractivity contribution is 0.108. The molecule has 106 valence electrons. The summed E-state index contributed by atoms with van der Waals surface area (Å²) in [5.74, 6) is 1.69. The molecule has 0 radical (unpaired) electrons. The van der Waals surface area contributed by atoms with Crippen LogP contribution in [0.15, 0.2) is 24.3 Å². The Hall–Kier alpha value is -1.06. The van der Waals surface area contributed by atoms with Crippen molar-refractivity contribution in [3.8, 4) is 5.75 Å². The predicted molar refractivity (Wildman–Crippen MR) is 77.3 cm³/mol. The first-order chi connectivity index (χ1) is 9.29. The molecule has 1 aliphatic rings. The molecule has 1 aromatic rings. The average molecular weight is 263 g/mol. The fourth-order valence-corrected chi connectivity index (χ4v) is 2.71. The van der Waals surface area contributed by atoms with Crippen LogP contribution < -0.4 is 10.1 Å². The van der Waals surface area contributed by atoms with Crippen molar-refractivity contribution in [3.63, 3.8) is 0 Å². The van der Waals surface area contributed by atoms with E-state index in [2.05, 4.69) is 17.4 Å². The zero-order chi connectivity index (χ0) is 13.5. The van der Waals surface area contributed by atoms with E-state index >= 15 is 0 Å². The fourth-order valence-electron chi connectivity index (χ4n) is 2.71. The normalized spacial score (nSPS) is 23.3. The Bertz CT molecular complexity index is 373. The molecule has 2 rings (SSSR count). The molecule has 3 nitrogen and oxygen atoms in total. The monoisotopic (exact) mass is 263 g/mol. The number of nitrogens with one attached hydrogen (secondary N) is 1. The van der Waals surface area contributed by atoms with Gasteiger partial charge in [0.05, 0.1) is 12.7 Å². The molecule has 0 aliphatic heterocycles. The van der Waals surface area contributed by atoms with E-state index in [4.69, 9.17) is 4.74 Å². The Morgan fingerprint density at radius 2 is 1.95 bits per heavy atom. The molecular weight excluding hydrogens is 238 g/mol. The van der Waals surface area contributed by atoms with Crippen molar-refractivity contribution in [2.24, 2.45) is 5.92 Å². The number of para-hydroxylation sites is 1. The molecule has 0 unspecified atom stereocenters. The Morgan fingerprint density at radius 1 is 1.21 bits per heavy atom. The van der Waals surface area contributed by atoms with Crippen molar-refractivity contribution in [1.29, 1.82) is 0 Å². The van der Waals surface area contributed by atoms with Gasteiger partial charge in [-0.3, -0.25) is 0 Å². The Kier molecular flexibility index (Phi) is 5.67. The van der Waals surface area contributed by atoms with Crippen molar-refractivity contribution in [1.82, 2.24) is 5.32 Å². The van der Waals surface area contributed by atoms with Gasteiger partial charge in [0.1, 0.15) is 5.75 Å². The third-order valence-electron chi connectivity index (χ3n) is 3.84. The number of ether oxygens (including phenoxy) is 1. The average Bonchev–Trinajstić information content (AvgIpc) is 2.43. The van der Waals surface area contributed by atoms with Gasteiger partial charge in [0.25, 0.3) is 0 Å². The third kappa shape index (κ3) is 4.51. The first-order valence-electron chi connectivity index (χ1n) is 7.39. The number of benzene rings is 1. The van der Waals surface area contributed by atoms with Crippen molar-refractivity contribution < 1.29 is 9.84 Å². The number of rotatable bonds is 6. The van der Waals surface area contributed by atoms with E-state index in [0.29, 0.717) is 12.5 Å². The first-order valence-corrected chi connectivity index (χ1v) is 7.39. The molecule has 0 spiro atoms. The number of aliphatic hydroxyl groups is 1. The van der Waals surface area contributed by atoms with Crippen LogP contribution >= 0.6 is 0 Å². The molecule has 0 aromatic heterocycles. The zero-order valence-electron chi connectivity index (χ0n) is 11.8. The fraction of sp³-hybridized carbons (Fsp3) is 0.625. The molecule has 0 heterocycles. The van der Waals surface area contributed by atoms with E-state index in [-0.39, 0.29) is 6.10 Å². The number of aliphatic hydroxyl groups excluding tert-OH is 1. The van der Waals surface area contributed by atoms with E-state index < -0.39 is 0 Å². The molecule has 0 atom stereocenters. The zero-order valence-corrected chi connectivity index (χ0v) is 11.8. The predicted octanol–water partition coefficient (Wildman–Crippen LogP) is 2.73. The lowest BCUT2D eigenvalue weighted by atomic mass is 9.87. The Balaban J connectivity index is 1.76. The van der Waals surface area contributed by atoms with Gasteiger partial charge in [-0.15, -0.1) is 0 Å². The highest BCUT2D eigenvalue weighted by molar-refractivity contribution is 5.33. The van der Waals surface area contributed by atoms with Crippen LogP contribution in [0.25, 0.3) is 0 Å². The maximum atomic E-state index is 9.49. The molecule has 1 saturated carbocycles. The highest BCUT2D eigenvalue weighted by Gasteiger charge is 2.18. The van der Waals surface area contributed by atoms with Gasteiger partial charge in [-0.2, -0.15) is 0 Å². The van der Waals surface area contributed by atoms with Crippen LogP contribution in [-0.4, -0.2) is 24.4 Å². The smallest absolute Gasteiger partial charge is 0.123 e. The lowest BCUT2D eigenvalue weighted by Crippen LogP contribution is -2.27. The largest absolute Gasteiger partial charge is 0.494 e. The molecule has 0 bridgehead atoms. The summed E-state index contributed by atoms with van der Waals surface area (Å²) in [6.45, 7) is 4.61. The van der Waals surface area contributed by atoms with Crippen LogP contribution in [0.4, 0.5) is 0 Å². The minimum absolute atomic E-state index is 0.0602. The van der Waals surface area contributed by atoms with E-state index in [1.807, 2.05) is 19.1 Å². The molecule has 19 heavy (non-hydrogen) atoms. The summed E-state index contributed by atoms with van der Waals surface area (Å²) in [6, 6.07) is 8.20. The molecule has 0 amide bonds. The second-order valence-electron chi connectivity index (χ2n) is 5.35. The molecule has 3 heteroatoms. The van der Waals surface area contributed by atoms with E-state index in [0.717, 1.165) is 44.5 Å². The van der Waals surface area contributed by atoms with Crippen LogP contribution in [0, 0.1) is 5.92 Å². The van der Waals surface area contributed by atoms with Crippen molar-refractivity contribution in [2.75, 3.05) is 13.2 Å². The molecule has 1 fully saturated rings. The second kappa shape index (κ2) is 7.51. The highest BCUT2D eigenvalue weighted by Crippen LogP contribution is 2.24. The van der Waals surface area contributed by atoms with Crippen molar-refractivity contribution in [2.45, 2.75) is 45.3 Å². The Morgan fingerprint density at radius 3 is 2.68 bits per heavy atom. The van der Waals surface area contributed by atoms with Gasteiger partial charge < -0.3 is 15.2 Å². The number of hydrogen-bond donors (Lipinski definition) is 2. The van der Waals surface area contributed by atoms with Crippen molar-refractivity contribution >= 4 is 0 Å². The highest BCUT2D eigenvalue weighted by atomic mass is 16.5. The van der Waals surface area contributed by atoms with Gasteiger partial charge in [-0.1, -0.05) is 18.2 Å². The maximum absolute atomic E-state index is 9.49. The van der Waals surface area contributed by atoms with Gasteiger partial charge in [0.2, 0.25) is 0 Å². The van der Waals surface area contributed by atoms with Crippen molar-refractivity contribution in [3.05, 3.63) is 29.8 Å². The topological polar surface area (TPSA) is 41.5 Å². The van der Waals surface area contributed by atoms with E-state index in [1.165, 1.54) is 5.56 Å².